The van der Waals surface area contributed by atoms with E-state index in [0.717, 1.165) is 11.0 Å². The standard InChI is InChI=1S/C24H20F3NO6/c1-2-33-21-13-5-3-4-6-14(13)22(34-11-17(26)27)20-19(21)23(31)28(24(20)32)16-8-7-12(9-15(16)25)10-18(29)30/h3-9,17,23,31H,2,10-11H2,1H3,(H,29,30). The number of aliphatic carboxylic acids is 1. The molecule has 2 N–H and O–H groups in total. The highest BCUT2D eigenvalue weighted by atomic mass is 19.3. The van der Waals surface area contributed by atoms with Crippen LogP contribution in [0, 0.1) is 5.82 Å². The van der Waals surface area contributed by atoms with Gasteiger partial charge in [-0.05, 0) is 24.6 Å². The Morgan fingerprint density at radius 2 is 1.79 bits per heavy atom. The van der Waals surface area contributed by atoms with Crippen molar-refractivity contribution in [2.24, 2.45) is 0 Å². The Bertz CT molecular complexity index is 1280. The summed E-state index contributed by atoms with van der Waals surface area (Å²) >= 11 is 0. The molecule has 34 heavy (non-hydrogen) atoms. The van der Waals surface area contributed by atoms with Gasteiger partial charge in [0.2, 0.25) is 0 Å². The van der Waals surface area contributed by atoms with Gasteiger partial charge >= 0.3 is 5.97 Å². The minimum atomic E-state index is -2.82. The maximum atomic E-state index is 14.9. The minimum absolute atomic E-state index is 0.0242. The third-order valence-corrected chi connectivity index (χ3v) is 5.36. The molecule has 0 fully saturated rings. The van der Waals surface area contributed by atoms with E-state index in [0.29, 0.717) is 10.8 Å². The number of hydrogen-bond donors (Lipinski definition) is 2. The van der Waals surface area contributed by atoms with Crippen molar-refractivity contribution < 1.29 is 42.4 Å². The van der Waals surface area contributed by atoms with E-state index in [-0.39, 0.29) is 40.5 Å². The first-order chi connectivity index (χ1) is 16.2. The molecule has 0 bridgehead atoms. The van der Waals surface area contributed by atoms with Crippen molar-refractivity contribution in [3.05, 3.63) is 65.0 Å². The van der Waals surface area contributed by atoms with E-state index in [4.69, 9.17) is 14.6 Å². The molecule has 1 heterocycles. The van der Waals surface area contributed by atoms with Gasteiger partial charge in [0.25, 0.3) is 12.3 Å². The highest BCUT2D eigenvalue weighted by Crippen LogP contribution is 2.50. The van der Waals surface area contributed by atoms with Gasteiger partial charge in [-0.3, -0.25) is 14.5 Å². The number of benzene rings is 3. The fraction of sp³-hybridized carbons (Fsp3) is 0.250. The zero-order chi connectivity index (χ0) is 24.6. The Balaban J connectivity index is 1.91. The van der Waals surface area contributed by atoms with E-state index < -0.39 is 43.4 Å². The molecular formula is C24H20F3NO6. The summed E-state index contributed by atoms with van der Waals surface area (Å²) in [6.45, 7) is 0.878. The van der Waals surface area contributed by atoms with E-state index in [1.54, 1.807) is 31.2 Å². The van der Waals surface area contributed by atoms with E-state index in [1.165, 1.54) is 12.1 Å². The third-order valence-electron chi connectivity index (χ3n) is 5.36. The molecule has 178 valence electrons. The Kier molecular flexibility index (Phi) is 6.34. The van der Waals surface area contributed by atoms with Crippen LogP contribution in [0.5, 0.6) is 11.5 Å². The lowest BCUT2D eigenvalue weighted by molar-refractivity contribution is -0.136. The summed E-state index contributed by atoms with van der Waals surface area (Å²) in [5, 5.41) is 20.8. The second-order valence-electron chi connectivity index (χ2n) is 7.53. The van der Waals surface area contributed by atoms with Crippen LogP contribution in [0.1, 0.15) is 34.6 Å². The number of carbonyl (C=O) groups is 2. The number of carboxylic acids is 1. The molecule has 0 radical (unpaired) electrons. The number of fused-ring (bicyclic) bond motifs is 2. The molecule has 3 aromatic rings. The summed E-state index contributed by atoms with van der Waals surface area (Å²) in [4.78, 5) is 25.2. The molecule has 1 unspecified atom stereocenters. The second-order valence-corrected chi connectivity index (χ2v) is 7.53. The van der Waals surface area contributed by atoms with Crippen molar-refractivity contribution >= 4 is 28.3 Å². The van der Waals surface area contributed by atoms with Gasteiger partial charge in [-0.1, -0.05) is 30.3 Å². The van der Waals surface area contributed by atoms with Crippen LogP contribution in [0.15, 0.2) is 42.5 Å². The molecule has 1 amide bonds. The number of amides is 1. The Morgan fingerprint density at radius 1 is 1.12 bits per heavy atom. The zero-order valence-electron chi connectivity index (χ0n) is 17.9. The van der Waals surface area contributed by atoms with Crippen LogP contribution in [0.25, 0.3) is 10.8 Å². The third kappa shape index (κ3) is 4.01. The Morgan fingerprint density at radius 3 is 2.38 bits per heavy atom. The van der Waals surface area contributed by atoms with Crippen LogP contribution in [0.2, 0.25) is 0 Å². The fourth-order valence-electron chi connectivity index (χ4n) is 4.08. The first kappa shape index (κ1) is 23.4. The molecule has 3 aromatic carbocycles. The highest BCUT2D eigenvalue weighted by Gasteiger charge is 2.44. The van der Waals surface area contributed by atoms with Gasteiger partial charge in [-0.25, -0.2) is 13.2 Å². The molecule has 0 aromatic heterocycles. The number of nitrogens with zero attached hydrogens (tertiary/aromatic N) is 1. The van der Waals surface area contributed by atoms with Gasteiger partial charge in [0, 0.05) is 10.8 Å². The molecule has 0 saturated heterocycles. The molecule has 0 spiro atoms. The Hall–Kier alpha value is -3.79. The monoisotopic (exact) mass is 475 g/mol. The number of alkyl halides is 2. The maximum absolute atomic E-state index is 14.9. The van der Waals surface area contributed by atoms with E-state index >= 15 is 0 Å². The van der Waals surface area contributed by atoms with Crippen LogP contribution in [-0.2, 0) is 11.2 Å². The van der Waals surface area contributed by atoms with Crippen LogP contribution < -0.4 is 14.4 Å². The van der Waals surface area contributed by atoms with Gasteiger partial charge in [-0.15, -0.1) is 0 Å². The number of carboxylic acid groups (broad SMARTS) is 1. The molecule has 0 saturated carbocycles. The molecular weight excluding hydrogens is 455 g/mol. The number of ether oxygens (including phenoxy) is 2. The molecule has 1 atom stereocenters. The van der Waals surface area contributed by atoms with Crippen LogP contribution >= 0.6 is 0 Å². The topological polar surface area (TPSA) is 96.3 Å². The lowest BCUT2D eigenvalue weighted by atomic mass is 9.98. The Labute approximate surface area is 191 Å². The van der Waals surface area contributed by atoms with Gasteiger partial charge in [0.15, 0.2) is 6.23 Å². The number of aliphatic hydroxyl groups excluding tert-OH is 1. The van der Waals surface area contributed by atoms with Crippen LogP contribution in [0.4, 0.5) is 18.9 Å². The number of halogens is 3. The van der Waals surface area contributed by atoms with Gasteiger partial charge in [-0.2, -0.15) is 0 Å². The molecule has 4 rings (SSSR count). The minimum Gasteiger partial charge on any atom is -0.493 e. The van der Waals surface area contributed by atoms with Crippen molar-refractivity contribution in [1.82, 2.24) is 0 Å². The smallest absolute Gasteiger partial charge is 0.307 e. The summed E-state index contributed by atoms with van der Waals surface area (Å²) in [7, 11) is 0. The first-order valence-electron chi connectivity index (χ1n) is 10.4. The quantitative estimate of drug-likeness (QED) is 0.505. The predicted molar refractivity (Wildman–Crippen MR) is 116 cm³/mol. The van der Waals surface area contributed by atoms with E-state index in [1.807, 2.05) is 0 Å². The van der Waals surface area contributed by atoms with Gasteiger partial charge in [0.1, 0.15) is 23.9 Å². The first-order valence-corrected chi connectivity index (χ1v) is 10.4. The average molecular weight is 475 g/mol. The van der Waals surface area contributed by atoms with Crippen molar-refractivity contribution in [2.45, 2.75) is 26.0 Å². The molecule has 10 heteroatoms. The van der Waals surface area contributed by atoms with Crippen molar-refractivity contribution in [3.63, 3.8) is 0 Å². The average Bonchev–Trinajstić information content (AvgIpc) is 3.03. The highest BCUT2D eigenvalue weighted by molar-refractivity contribution is 6.17. The number of hydrogen-bond acceptors (Lipinski definition) is 5. The normalized spacial score (nSPS) is 15.2. The lowest BCUT2D eigenvalue weighted by Crippen LogP contribution is -2.28. The van der Waals surface area contributed by atoms with Gasteiger partial charge < -0.3 is 19.7 Å². The second kappa shape index (κ2) is 9.22. The van der Waals surface area contributed by atoms with Gasteiger partial charge in [0.05, 0.1) is 29.8 Å². The molecule has 7 nitrogen and oxygen atoms in total. The van der Waals surface area contributed by atoms with E-state index in [2.05, 4.69) is 0 Å². The fourth-order valence-corrected chi connectivity index (χ4v) is 4.08. The van der Waals surface area contributed by atoms with Crippen molar-refractivity contribution in [3.8, 4) is 11.5 Å². The molecule has 0 aliphatic carbocycles. The van der Waals surface area contributed by atoms with Crippen LogP contribution in [-0.4, -0.2) is 41.7 Å². The summed E-state index contributed by atoms with van der Waals surface area (Å²) in [5.74, 6) is -2.97. The number of carbonyl (C=O) groups excluding carboxylic acids is 1. The SMILES string of the molecule is CCOc1c2c(c(OCC(F)F)c3ccccc13)C(=O)N(c1ccc(CC(=O)O)cc1F)C2O. The lowest BCUT2D eigenvalue weighted by Gasteiger charge is -2.22. The zero-order valence-corrected chi connectivity index (χ0v) is 17.9. The largest absolute Gasteiger partial charge is 0.493 e. The summed E-state index contributed by atoms with van der Waals surface area (Å²) in [5.41, 5.74) is -0.378. The number of rotatable bonds is 8. The van der Waals surface area contributed by atoms with E-state index in [9.17, 15) is 27.9 Å². The number of anilines is 1. The summed E-state index contributed by atoms with van der Waals surface area (Å²) in [6.07, 6.45) is -4.96. The van der Waals surface area contributed by atoms with Crippen molar-refractivity contribution in [1.29, 1.82) is 0 Å². The predicted octanol–water partition coefficient (Wildman–Crippen LogP) is 4.30. The summed E-state index contributed by atoms with van der Waals surface area (Å²) in [6, 6.07) is 9.98. The maximum Gasteiger partial charge on any atom is 0.307 e. The molecule has 1 aliphatic rings. The summed E-state index contributed by atoms with van der Waals surface area (Å²) < 4.78 is 52.0. The van der Waals surface area contributed by atoms with Crippen molar-refractivity contribution in [2.75, 3.05) is 18.1 Å². The molecule has 1 aliphatic heterocycles. The number of aliphatic hydroxyl groups is 1. The van der Waals surface area contributed by atoms with Crippen LogP contribution in [0.3, 0.4) is 0 Å².